The van der Waals surface area contributed by atoms with Crippen LogP contribution in [-0.2, 0) is 16.1 Å². The molecule has 0 unspecified atom stereocenters. The molecule has 1 aliphatic heterocycles. The molecule has 0 radical (unpaired) electrons. The van der Waals surface area contributed by atoms with Gasteiger partial charge in [-0.1, -0.05) is 41.9 Å². The van der Waals surface area contributed by atoms with E-state index in [4.69, 9.17) is 16.3 Å². The Hall–Kier alpha value is -2.92. The van der Waals surface area contributed by atoms with E-state index in [0.717, 1.165) is 17.3 Å². The molecule has 1 aromatic heterocycles. The summed E-state index contributed by atoms with van der Waals surface area (Å²) in [5.74, 6) is -0.466. The third-order valence-electron chi connectivity index (χ3n) is 4.60. The number of aromatic nitrogens is 1. The van der Waals surface area contributed by atoms with Crippen molar-refractivity contribution in [2.45, 2.75) is 19.4 Å². The van der Waals surface area contributed by atoms with Crippen molar-refractivity contribution in [2.24, 2.45) is 0 Å². The molecular formula is C21H17ClN2O3. The number of esters is 1. The average molecular weight is 381 g/mol. The number of rotatable bonds is 4. The number of carbonyl (C=O) groups excluding carboxylic acids is 2. The molecule has 0 aliphatic carbocycles. The Balaban J connectivity index is 1.55. The zero-order valence-electron chi connectivity index (χ0n) is 14.5. The normalized spacial score (nSPS) is 14.0. The minimum absolute atomic E-state index is 0.0117. The molecule has 0 spiro atoms. The van der Waals surface area contributed by atoms with Crippen molar-refractivity contribution in [3.05, 3.63) is 70.9 Å². The van der Waals surface area contributed by atoms with E-state index in [-0.39, 0.29) is 12.5 Å². The number of hydrogen-bond donors (Lipinski definition) is 0. The first-order valence-corrected chi connectivity index (χ1v) is 9.12. The molecule has 1 amide bonds. The van der Waals surface area contributed by atoms with E-state index in [1.165, 1.54) is 0 Å². The van der Waals surface area contributed by atoms with Gasteiger partial charge in [0, 0.05) is 23.9 Å². The Kier molecular flexibility index (Phi) is 4.77. The molecule has 1 saturated heterocycles. The molecule has 0 bridgehead atoms. The van der Waals surface area contributed by atoms with Crippen molar-refractivity contribution in [3.63, 3.8) is 0 Å². The number of amides is 1. The second kappa shape index (κ2) is 7.37. The van der Waals surface area contributed by atoms with Crippen molar-refractivity contribution in [1.82, 2.24) is 4.98 Å². The maximum atomic E-state index is 12.7. The van der Waals surface area contributed by atoms with Gasteiger partial charge in [-0.25, -0.2) is 9.78 Å². The van der Waals surface area contributed by atoms with Gasteiger partial charge in [0.1, 0.15) is 11.8 Å². The maximum absolute atomic E-state index is 12.7. The van der Waals surface area contributed by atoms with Gasteiger partial charge in [0.05, 0.1) is 16.8 Å². The van der Waals surface area contributed by atoms with Gasteiger partial charge < -0.3 is 9.64 Å². The Morgan fingerprint density at radius 2 is 1.93 bits per heavy atom. The van der Waals surface area contributed by atoms with Crippen LogP contribution in [0.1, 0.15) is 28.8 Å². The topological polar surface area (TPSA) is 59.5 Å². The Morgan fingerprint density at radius 3 is 2.74 bits per heavy atom. The number of anilines is 1. The lowest BCUT2D eigenvalue weighted by atomic mass is 10.1. The van der Waals surface area contributed by atoms with Crippen LogP contribution in [0.25, 0.3) is 10.9 Å². The first-order valence-electron chi connectivity index (χ1n) is 8.74. The summed E-state index contributed by atoms with van der Waals surface area (Å²) in [6.45, 7) is 0.626. The minimum atomic E-state index is -0.491. The summed E-state index contributed by atoms with van der Waals surface area (Å²) in [5.41, 5.74) is 2.39. The van der Waals surface area contributed by atoms with E-state index < -0.39 is 5.97 Å². The van der Waals surface area contributed by atoms with Gasteiger partial charge >= 0.3 is 5.97 Å². The quantitative estimate of drug-likeness (QED) is 0.498. The van der Waals surface area contributed by atoms with Crippen LogP contribution in [0.4, 0.5) is 5.69 Å². The Bertz CT molecular complexity index is 1030. The SMILES string of the molecule is O=C(OCc1cc2ccccc2nc1Cl)c1ccccc1N1CCCC1=O. The highest BCUT2D eigenvalue weighted by molar-refractivity contribution is 6.30. The second-order valence-electron chi connectivity index (χ2n) is 6.37. The van der Waals surface area contributed by atoms with E-state index in [9.17, 15) is 9.59 Å². The monoisotopic (exact) mass is 380 g/mol. The van der Waals surface area contributed by atoms with Crippen LogP contribution < -0.4 is 4.90 Å². The highest BCUT2D eigenvalue weighted by atomic mass is 35.5. The Morgan fingerprint density at radius 1 is 1.15 bits per heavy atom. The fourth-order valence-electron chi connectivity index (χ4n) is 3.24. The smallest absolute Gasteiger partial charge is 0.340 e. The van der Waals surface area contributed by atoms with E-state index >= 15 is 0 Å². The molecule has 4 rings (SSSR count). The summed E-state index contributed by atoms with van der Waals surface area (Å²) in [6, 6.07) is 16.5. The second-order valence-corrected chi connectivity index (χ2v) is 6.73. The largest absolute Gasteiger partial charge is 0.457 e. The molecule has 2 heterocycles. The molecule has 0 saturated carbocycles. The predicted octanol–water partition coefficient (Wildman–Crippen LogP) is 4.37. The summed E-state index contributed by atoms with van der Waals surface area (Å²) in [4.78, 5) is 30.7. The number of ether oxygens (including phenoxy) is 1. The van der Waals surface area contributed by atoms with Crippen molar-refractivity contribution in [1.29, 1.82) is 0 Å². The number of carbonyl (C=O) groups is 2. The van der Waals surface area contributed by atoms with Gasteiger partial charge in [-0.3, -0.25) is 4.79 Å². The van der Waals surface area contributed by atoms with Gasteiger partial charge in [-0.2, -0.15) is 0 Å². The van der Waals surface area contributed by atoms with Gasteiger partial charge in [0.25, 0.3) is 0 Å². The predicted molar refractivity (Wildman–Crippen MR) is 104 cm³/mol. The van der Waals surface area contributed by atoms with Gasteiger partial charge in [0.2, 0.25) is 5.91 Å². The van der Waals surface area contributed by atoms with Gasteiger partial charge in [-0.05, 0) is 30.7 Å². The van der Waals surface area contributed by atoms with E-state index in [1.807, 2.05) is 36.4 Å². The molecule has 27 heavy (non-hydrogen) atoms. The van der Waals surface area contributed by atoms with Crippen LogP contribution >= 0.6 is 11.6 Å². The molecular weight excluding hydrogens is 364 g/mol. The number of para-hydroxylation sites is 2. The fraction of sp³-hybridized carbons (Fsp3) is 0.190. The van der Waals surface area contributed by atoms with E-state index in [1.54, 1.807) is 23.1 Å². The highest BCUT2D eigenvalue weighted by Crippen LogP contribution is 2.27. The van der Waals surface area contributed by atoms with Crippen molar-refractivity contribution in [2.75, 3.05) is 11.4 Å². The van der Waals surface area contributed by atoms with E-state index in [0.29, 0.717) is 34.9 Å². The summed E-state index contributed by atoms with van der Waals surface area (Å²) >= 11 is 6.23. The summed E-state index contributed by atoms with van der Waals surface area (Å²) < 4.78 is 5.48. The van der Waals surface area contributed by atoms with Crippen LogP contribution in [0, 0.1) is 0 Å². The van der Waals surface area contributed by atoms with E-state index in [2.05, 4.69) is 4.98 Å². The first kappa shape index (κ1) is 17.5. The lowest BCUT2D eigenvalue weighted by Gasteiger charge is -2.19. The number of benzene rings is 2. The molecule has 6 heteroatoms. The van der Waals surface area contributed by atoms with Crippen LogP contribution in [0.3, 0.4) is 0 Å². The molecule has 2 aromatic carbocycles. The molecule has 5 nitrogen and oxygen atoms in total. The molecule has 1 aliphatic rings. The standard InChI is InChI=1S/C21H17ClN2O3/c22-20-15(12-14-6-1-3-8-17(14)23-20)13-27-21(26)16-7-2-4-9-18(16)24-11-5-10-19(24)25/h1-4,6-9,12H,5,10-11,13H2. The number of pyridine rings is 1. The molecule has 3 aromatic rings. The van der Waals surface area contributed by atoms with Gasteiger partial charge in [0.15, 0.2) is 0 Å². The first-order chi connectivity index (χ1) is 13.1. The van der Waals surface area contributed by atoms with Crippen LogP contribution in [-0.4, -0.2) is 23.4 Å². The zero-order chi connectivity index (χ0) is 18.8. The van der Waals surface area contributed by atoms with Crippen LogP contribution in [0.15, 0.2) is 54.6 Å². The molecule has 136 valence electrons. The van der Waals surface area contributed by atoms with Crippen molar-refractivity contribution < 1.29 is 14.3 Å². The zero-order valence-corrected chi connectivity index (χ0v) is 15.3. The maximum Gasteiger partial charge on any atom is 0.340 e. The van der Waals surface area contributed by atoms with Crippen molar-refractivity contribution in [3.8, 4) is 0 Å². The summed E-state index contributed by atoms with van der Waals surface area (Å²) in [6.07, 6.45) is 1.29. The van der Waals surface area contributed by atoms with Crippen LogP contribution in [0.2, 0.25) is 5.15 Å². The lowest BCUT2D eigenvalue weighted by Crippen LogP contribution is -2.26. The van der Waals surface area contributed by atoms with Crippen molar-refractivity contribution >= 4 is 40.1 Å². The fourth-order valence-corrected chi connectivity index (χ4v) is 3.44. The minimum Gasteiger partial charge on any atom is -0.457 e. The summed E-state index contributed by atoms with van der Waals surface area (Å²) in [5, 5.41) is 1.24. The van der Waals surface area contributed by atoms with Crippen LogP contribution in [0.5, 0.6) is 0 Å². The third-order valence-corrected chi connectivity index (χ3v) is 4.92. The average Bonchev–Trinajstić information content (AvgIpc) is 3.12. The molecule has 0 N–H and O–H groups in total. The number of halogens is 1. The molecule has 0 atom stereocenters. The number of nitrogens with zero attached hydrogens (tertiary/aromatic N) is 2. The number of hydrogen-bond acceptors (Lipinski definition) is 4. The third kappa shape index (κ3) is 3.51. The summed E-state index contributed by atoms with van der Waals surface area (Å²) in [7, 11) is 0. The number of fused-ring (bicyclic) bond motifs is 1. The van der Waals surface area contributed by atoms with Gasteiger partial charge in [-0.15, -0.1) is 0 Å². The lowest BCUT2D eigenvalue weighted by molar-refractivity contribution is -0.117. The Labute approximate surface area is 161 Å². The highest BCUT2D eigenvalue weighted by Gasteiger charge is 2.26. The molecule has 1 fully saturated rings.